The van der Waals surface area contributed by atoms with Gasteiger partial charge in [-0.2, -0.15) is 0 Å². The molecule has 0 unspecified atom stereocenters. The van der Waals surface area contributed by atoms with Crippen LogP contribution in [0, 0.1) is 40.6 Å². The number of hydrogen-bond acceptors (Lipinski definition) is 14. The van der Waals surface area contributed by atoms with Crippen molar-refractivity contribution in [2.75, 3.05) is 39.3 Å². The Labute approximate surface area is 294 Å². The molecule has 1 radical (unpaired) electrons. The van der Waals surface area contributed by atoms with E-state index in [0.717, 1.165) is 38.9 Å². The van der Waals surface area contributed by atoms with E-state index in [-0.39, 0.29) is 34.1 Å². The Hall–Kier alpha value is -4.52. The Morgan fingerprint density at radius 1 is 0.531 bits per heavy atom. The molecule has 0 saturated carbocycles. The van der Waals surface area contributed by atoms with Crippen LogP contribution in [-0.4, -0.2) is 77.6 Å². The molecule has 19 heteroatoms. The van der Waals surface area contributed by atoms with Crippen LogP contribution >= 0.6 is 0 Å². The smallest absolute Gasteiger partial charge is 0.303 e. The molecule has 0 spiro atoms. The molecule has 0 atom stereocenters. The van der Waals surface area contributed by atoms with Gasteiger partial charge in [0.2, 0.25) is 0 Å². The van der Waals surface area contributed by atoms with Gasteiger partial charge >= 0.3 is 17.1 Å². The molecular formula is C30H33ClCuN7O10+. The van der Waals surface area contributed by atoms with E-state index in [1.807, 2.05) is 0 Å². The van der Waals surface area contributed by atoms with Crippen molar-refractivity contribution in [2.24, 2.45) is 15.0 Å². The van der Waals surface area contributed by atoms with Crippen LogP contribution in [-0.2, 0) is 17.1 Å². The van der Waals surface area contributed by atoms with Crippen LogP contribution in [0.2, 0.25) is 0 Å². The second kappa shape index (κ2) is 22.9. The Bertz CT molecular complexity index is 1410. The van der Waals surface area contributed by atoms with Crippen LogP contribution < -0.4 is 18.6 Å². The summed E-state index contributed by atoms with van der Waals surface area (Å²) in [6.45, 7) is 3.68. The third-order valence-electron chi connectivity index (χ3n) is 6.38. The second-order valence-electron chi connectivity index (χ2n) is 9.83. The number of halogens is 1. The van der Waals surface area contributed by atoms with Gasteiger partial charge in [0, 0.05) is 56.5 Å². The van der Waals surface area contributed by atoms with Gasteiger partial charge in [0.25, 0.3) is 17.1 Å². The minimum Gasteiger partial charge on any atom is -0.303 e. The van der Waals surface area contributed by atoms with Crippen molar-refractivity contribution in [1.29, 1.82) is 0 Å². The standard InChI is InChI=1S/C30H33N7O6.ClHO4.Cu/c38-35(39)28-13-4-1-10-25(28)22-31-16-7-19-34(20-8-17-32-23-26-11-2-5-14-29(26)36(40)41)21-9-18-33-24-27-12-3-6-15-30(27)37(42)43;2-1(3,4)5;/h1-6,10-15,22-24H,7-9,16-21H2;(H,2,3,4,5);/q;;+2/p-1. The first-order chi connectivity index (χ1) is 22.9. The SMILES string of the molecule is O=[N+]([O-])c1ccccc1C=NCCCN(CCCN=Cc1ccccc1[N+](=O)[O-])CCCN=Cc1ccccc1[N+](=O)[O-].[Cu+2].[O-][Cl+3]([O-])([O-])[O-]. The summed E-state index contributed by atoms with van der Waals surface area (Å²) in [5.41, 5.74) is 1.40. The van der Waals surface area contributed by atoms with E-state index in [4.69, 9.17) is 18.6 Å². The molecule has 0 aliphatic heterocycles. The van der Waals surface area contributed by atoms with Crippen LogP contribution in [0.25, 0.3) is 0 Å². The maximum absolute atomic E-state index is 11.2. The number of nitro benzene ring substituents is 3. The molecule has 0 N–H and O–H groups in total. The zero-order valence-corrected chi connectivity index (χ0v) is 27.6. The maximum Gasteiger partial charge on any atom is 2.00 e. The second-order valence-corrected chi connectivity index (χ2v) is 10.6. The van der Waals surface area contributed by atoms with Gasteiger partial charge < -0.3 is 4.90 Å². The number of aliphatic imine (C=N–C) groups is 3. The first-order valence-electron chi connectivity index (χ1n) is 14.4. The van der Waals surface area contributed by atoms with E-state index in [2.05, 4.69) is 19.9 Å². The molecule has 265 valence electrons. The fourth-order valence-electron chi connectivity index (χ4n) is 4.27. The van der Waals surface area contributed by atoms with Crippen molar-refractivity contribution < 1.29 is 60.7 Å². The van der Waals surface area contributed by atoms with Gasteiger partial charge in [-0.1, -0.05) is 36.4 Å². The zero-order chi connectivity index (χ0) is 35.4. The molecule has 0 heterocycles. The predicted octanol–water partition coefficient (Wildman–Crippen LogP) is 0.782. The Kier molecular flexibility index (Phi) is 19.9. The third kappa shape index (κ3) is 18.0. The van der Waals surface area contributed by atoms with E-state index in [1.54, 1.807) is 54.6 Å². The van der Waals surface area contributed by atoms with Crippen molar-refractivity contribution in [1.82, 2.24) is 4.90 Å². The molecule has 0 amide bonds. The minimum absolute atomic E-state index is 0. The molecule has 3 rings (SSSR count). The quantitative estimate of drug-likeness (QED) is 0.0577. The number of rotatable bonds is 18. The van der Waals surface area contributed by atoms with E-state index in [9.17, 15) is 30.3 Å². The number of hydrogen-bond donors (Lipinski definition) is 0. The van der Waals surface area contributed by atoms with Gasteiger partial charge in [-0.3, -0.25) is 45.3 Å². The summed E-state index contributed by atoms with van der Waals surface area (Å²) in [4.78, 5) is 47.7. The predicted molar refractivity (Wildman–Crippen MR) is 167 cm³/mol. The van der Waals surface area contributed by atoms with Gasteiger partial charge in [-0.05, 0) is 57.1 Å². The summed E-state index contributed by atoms with van der Waals surface area (Å²) in [5.74, 6) is 0. The van der Waals surface area contributed by atoms with E-state index >= 15 is 0 Å². The van der Waals surface area contributed by atoms with E-state index in [1.165, 1.54) is 36.8 Å². The van der Waals surface area contributed by atoms with Crippen molar-refractivity contribution in [3.63, 3.8) is 0 Å². The van der Waals surface area contributed by atoms with Crippen LogP contribution in [0.15, 0.2) is 87.8 Å². The fourth-order valence-corrected chi connectivity index (χ4v) is 4.27. The molecule has 0 aliphatic carbocycles. The molecule has 0 saturated heterocycles. The van der Waals surface area contributed by atoms with Crippen molar-refractivity contribution in [3.8, 4) is 0 Å². The molecule has 0 fully saturated rings. The van der Waals surface area contributed by atoms with Gasteiger partial charge in [0.1, 0.15) is 0 Å². The molecule has 3 aromatic carbocycles. The molecule has 49 heavy (non-hydrogen) atoms. The Morgan fingerprint density at radius 2 is 0.776 bits per heavy atom. The van der Waals surface area contributed by atoms with E-state index in [0.29, 0.717) is 36.3 Å². The molecule has 0 aromatic heterocycles. The summed E-state index contributed by atoms with van der Waals surface area (Å²) >= 11 is 0. The topological polar surface area (TPSA) is 262 Å². The average molecular weight is 751 g/mol. The monoisotopic (exact) mass is 749 g/mol. The summed E-state index contributed by atoms with van der Waals surface area (Å²) in [7, 11) is -4.94. The Morgan fingerprint density at radius 3 is 1.02 bits per heavy atom. The third-order valence-corrected chi connectivity index (χ3v) is 6.38. The molecule has 0 aliphatic rings. The van der Waals surface area contributed by atoms with Gasteiger partial charge in [-0.25, -0.2) is 18.6 Å². The summed E-state index contributed by atoms with van der Waals surface area (Å²) in [6, 6.07) is 19.3. The van der Waals surface area contributed by atoms with Gasteiger partial charge in [-0.15, -0.1) is 10.2 Å². The first-order valence-corrected chi connectivity index (χ1v) is 15.6. The van der Waals surface area contributed by atoms with Crippen molar-refractivity contribution in [2.45, 2.75) is 19.3 Å². The van der Waals surface area contributed by atoms with Crippen LogP contribution in [0.4, 0.5) is 17.1 Å². The summed E-state index contributed by atoms with van der Waals surface area (Å²) in [6.07, 6.45) is 6.77. The first kappa shape index (κ1) is 42.5. The summed E-state index contributed by atoms with van der Waals surface area (Å²) < 4.78 is 34.0. The van der Waals surface area contributed by atoms with E-state index < -0.39 is 25.0 Å². The average Bonchev–Trinajstić information content (AvgIpc) is 3.03. The largest absolute Gasteiger partial charge is 2.00 e. The van der Waals surface area contributed by atoms with Crippen LogP contribution in [0.5, 0.6) is 0 Å². The Balaban J connectivity index is 0.00000186. The molecule has 3 aromatic rings. The summed E-state index contributed by atoms with van der Waals surface area (Å²) in [5, 5.41) is 33.6. The minimum atomic E-state index is -4.94. The van der Waals surface area contributed by atoms with Crippen LogP contribution in [0.3, 0.4) is 0 Å². The number of nitrogens with zero attached hydrogens (tertiary/aromatic N) is 7. The van der Waals surface area contributed by atoms with Gasteiger partial charge in [0.15, 0.2) is 0 Å². The number of para-hydroxylation sites is 3. The molecule has 0 bridgehead atoms. The molecular weight excluding hydrogens is 717 g/mol. The molecule has 17 nitrogen and oxygen atoms in total. The zero-order valence-electron chi connectivity index (χ0n) is 25.9. The maximum atomic E-state index is 11.2. The fraction of sp³-hybridized carbons (Fsp3) is 0.300. The van der Waals surface area contributed by atoms with Crippen molar-refractivity contribution in [3.05, 3.63) is 120 Å². The van der Waals surface area contributed by atoms with Crippen molar-refractivity contribution >= 4 is 35.7 Å². The normalized spacial score (nSPS) is 11.4. The van der Waals surface area contributed by atoms with Gasteiger partial charge in [0.05, 0.1) is 31.5 Å². The number of benzene rings is 3. The number of nitro groups is 3. The van der Waals surface area contributed by atoms with Crippen LogP contribution in [0.1, 0.15) is 36.0 Å².